The lowest BCUT2D eigenvalue weighted by Gasteiger charge is -2.35. The number of halogens is 1. The Labute approximate surface area is 168 Å². The van der Waals surface area contributed by atoms with E-state index in [1.165, 1.54) is 0 Å². The van der Waals surface area contributed by atoms with Crippen molar-refractivity contribution >= 4 is 38.6 Å². The van der Waals surface area contributed by atoms with Gasteiger partial charge in [0.15, 0.2) is 0 Å². The molecular weight excluding hydrogens is 408 g/mol. The molecule has 2 aromatic rings. The summed E-state index contributed by atoms with van der Waals surface area (Å²) in [4.78, 5) is 31.3. The Morgan fingerprint density at radius 3 is 2.30 bits per heavy atom. The second-order valence-corrected chi connectivity index (χ2v) is 7.67. The van der Waals surface area contributed by atoms with Gasteiger partial charge in [-0.1, -0.05) is 18.2 Å². The molecule has 1 fully saturated rings. The average molecular weight is 435 g/mol. The molecule has 2 amide bonds. The highest BCUT2D eigenvalue weighted by molar-refractivity contribution is 9.10. The minimum atomic E-state index is 0.0373. The molecular formula is C20H27BrN4O2. The van der Waals surface area contributed by atoms with Crippen molar-refractivity contribution in [3.63, 3.8) is 0 Å². The number of carbonyl (C=O) groups excluding carboxylic acids is 2. The third-order valence-electron chi connectivity index (χ3n) is 5.38. The summed E-state index contributed by atoms with van der Waals surface area (Å²) in [6, 6.07) is 8.00. The number of hydrogen-bond donors (Lipinski definition) is 0. The Bertz CT molecular complexity index is 797. The van der Waals surface area contributed by atoms with Gasteiger partial charge in [-0.15, -0.1) is 0 Å². The van der Waals surface area contributed by atoms with Crippen LogP contribution in [-0.2, 0) is 11.8 Å². The molecule has 7 heteroatoms. The topological polar surface area (TPSA) is 48.8 Å². The van der Waals surface area contributed by atoms with Crippen LogP contribution in [0.2, 0.25) is 0 Å². The number of para-hydroxylation sites is 1. The number of fused-ring (bicyclic) bond motifs is 1. The van der Waals surface area contributed by atoms with Crippen LogP contribution in [0.4, 0.5) is 0 Å². The molecule has 146 valence electrons. The Kier molecular flexibility index (Phi) is 6.22. The van der Waals surface area contributed by atoms with E-state index in [4.69, 9.17) is 0 Å². The first kappa shape index (κ1) is 19.9. The molecule has 0 aliphatic carbocycles. The van der Waals surface area contributed by atoms with E-state index in [1.807, 2.05) is 59.5 Å². The summed E-state index contributed by atoms with van der Waals surface area (Å²) in [7, 11) is 1.93. The Morgan fingerprint density at radius 2 is 1.70 bits per heavy atom. The second kappa shape index (κ2) is 8.44. The van der Waals surface area contributed by atoms with Crippen molar-refractivity contribution < 1.29 is 9.59 Å². The van der Waals surface area contributed by atoms with Crippen LogP contribution < -0.4 is 0 Å². The molecule has 1 aliphatic heterocycles. The van der Waals surface area contributed by atoms with Crippen molar-refractivity contribution in [1.82, 2.24) is 19.3 Å². The van der Waals surface area contributed by atoms with Crippen molar-refractivity contribution in [2.24, 2.45) is 7.05 Å². The van der Waals surface area contributed by atoms with Crippen LogP contribution in [0.1, 0.15) is 24.3 Å². The van der Waals surface area contributed by atoms with Crippen LogP contribution in [0.5, 0.6) is 0 Å². The molecule has 1 aromatic carbocycles. The van der Waals surface area contributed by atoms with Crippen LogP contribution in [0, 0.1) is 0 Å². The summed E-state index contributed by atoms with van der Waals surface area (Å²) in [5.41, 5.74) is 1.72. The zero-order chi connectivity index (χ0) is 19.6. The normalized spacial score (nSPS) is 15.3. The fourth-order valence-electron chi connectivity index (χ4n) is 3.71. The van der Waals surface area contributed by atoms with Crippen LogP contribution in [0.3, 0.4) is 0 Å². The number of likely N-dealkylation sites (N-methyl/N-ethyl adjacent to an activating group) is 1. The molecule has 2 heterocycles. The minimum Gasteiger partial charge on any atom is -0.342 e. The zero-order valence-corrected chi connectivity index (χ0v) is 17.8. The van der Waals surface area contributed by atoms with E-state index in [0.29, 0.717) is 25.3 Å². The number of benzene rings is 1. The fraction of sp³-hybridized carbons (Fsp3) is 0.500. The largest absolute Gasteiger partial charge is 0.342 e. The molecule has 1 aliphatic rings. The van der Waals surface area contributed by atoms with Gasteiger partial charge in [0.25, 0.3) is 5.91 Å². The molecule has 3 rings (SSSR count). The molecule has 0 saturated carbocycles. The number of carbonyl (C=O) groups is 2. The predicted octanol–water partition coefficient (Wildman–Crippen LogP) is 2.57. The van der Waals surface area contributed by atoms with E-state index >= 15 is 0 Å². The smallest absolute Gasteiger partial charge is 0.271 e. The van der Waals surface area contributed by atoms with Gasteiger partial charge >= 0.3 is 0 Å². The zero-order valence-electron chi connectivity index (χ0n) is 16.2. The van der Waals surface area contributed by atoms with Crippen LogP contribution in [-0.4, -0.2) is 76.9 Å². The predicted molar refractivity (Wildman–Crippen MR) is 111 cm³/mol. The number of piperazine rings is 1. The summed E-state index contributed by atoms with van der Waals surface area (Å²) < 4.78 is 2.81. The maximum Gasteiger partial charge on any atom is 0.271 e. The lowest BCUT2D eigenvalue weighted by Crippen LogP contribution is -2.51. The van der Waals surface area contributed by atoms with Gasteiger partial charge in [0.05, 0.1) is 11.0 Å². The number of rotatable bonds is 5. The van der Waals surface area contributed by atoms with Crippen molar-refractivity contribution in [3.05, 3.63) is 34.4 Å². The van der Waals surface area contributed by atoms with Crippen LogP contribution >= 0.6 is 15.9 Å². The van der Waals surface area contributed by atoms with Gasteiger partial charge in [-0.25, -0.2) is 0 Å². The minimum absolute atomic E-state index is 0.0373. The van der Waals surface area contributed by atoms with E-state index in [2.05, 4.69) is 20.8 Å². The second-order valence-electron chi connectivity index (χ2n) is 6.87. The molecule has 1 aromatic heterocycles. The highest BCUT2D eigenvalue weighted by Gasteiger charge is 2.28. The SMILES string of the molecule is CCN(CC)C(=O)CN1CCN(C(=O)c2c(Br)c3ccccc3n2C)CC1. The first-order valence-electron chi connectivity index (χ1n) is 9.50. The molecule has 6 nitrogen and oxygen atoms in total. The third kappa shape index (κ3) is 3.89. The summed E-state index contributed by atoms with van der Waals surface area (Å²) in [6.45, 7) is 8.63. The van der Waals surface area contributed by atoms with E-state index in [1.54, 1.807) is 0 Å². The van der Waals surface area contributed by atoms with E-state index in [-0.39, 0.29) is 11.8 Å². The Morgan fingerprint density at radius 1 is 1.07 bits per heavy atom. The maximum absolute atomic E-state index is 13.1. The van der Waals surface area contributed by atoms with Crippen LogP contribution in [0.25, 0.3) is 10.9 Å². The van der Waals surface area contributed by atoms with E-state index in [0.717, 1.165) is 41.6 Å². The molecule has 0 N–H and O–H groups in total. The molecule has 0 radical (unpaired) electrons. The fourth-order valence-corrected chi connectivity index (χ4v) is 4.48. The van der Waals surface area contributed by atoms with Crippen molar-refractivity contribution in [3.8, 4) is 0 Å². The van der Waals surface area contributed by atoms with Gasteiger partial charge in [0.2, 0.25) is 5.91 Å². The molecule has 27 heavy (non-hydrogen) atoms. The first-order chi connectivity index (χ1) is 13.0. The summed E-state index contributed by atoms with van der Waals surface area (Å²) in [5.74, 6) is 0.200. The third-order valence-corrected chi connectivity index (χ3v) is 6.19. The maximum atomic E-state index is 13.1. The Balaban J connectivity index is 1.67. The summed E-state index contributed by atoms with van der Waals surface area (Å²) in [5, 5.41) is 1.05. The average Bonchev–Trinajstić information content (AvgIpc) is 2.94. The lowest BCUT2D eigenvalue weighted by atomic mass is 10.2. The van der Waals surface area contributed by atoms with Gasteiger partial charge in [-0.3, -0.25) is 14.5 Å². The first-order valence-corrected chi connectivity index (χ1v) is 10.3. The van der Waals surface area contributed by atoms with E-state index < -0.39 is 0 Å². The summed E-state index contributed by atoms with van der Waals surface area (Å²) in [6.07, 6.45) is 0. The summed E-state index contributed by atoms with van der Waals surface area (Å²) >= 11 is 3.62. The number of aryl methyl sites for hydroxylation is 1. The van der Waals surface area contributed by atoms with Crippen LogP contribution in [0.15, 0.2) is 28.7 Å². The molecule has 0 unspecified atom stereocenters. The number of amides is 2. The molecule has 0 atom stereocenters. The highest BCUT2D eigenvalue weighted by Crippen LogP contribution is 2.31. The quantitative estimate of drug-likeness (QED) is 0.726. The molecule has 0 spiro atoms. The monoisotopic (exact) mass is 434 g/mol. The Hall–Kier alpha value is -1.86. The highest BCUT2D eigenvalue weighted by atomic mass is 79.9. The standard InChI is InChI=1S/C20H27BrN4O2/c1-4-24(5-2)17(26)14-23-10-12-25(13-11-23)20(27)19-18(21)15-8-6-7-9-16(15)22(19)3/h6-9H,4-5,10-14H2,1-3H3. The van der Waals surface area contributed by atoms with E-state index in [9.17, 15) is 9.59 Å². The number of aromatic nitrogens is 1. The van der Waals surface area contributed by atoms with Crippen molar-refractivity contribution in [1.29, 1.82) is 0 Å². The molecule has 0 bridgehead atoms. The van der Waals surface area contributed by atoms with Gasteiger partial charge in [-0.05, 0) is 35.8 Å². The lowest BCUT2D eigenvalue weighted by molar-refractivity contribution is -0.132. The van der Waals surface area contributed by atoms with Crippen molar-refractivity contribution in [2.45, 2.75) is 13.8 Å². The van der Waals surface area contributed by atoms with Gasteiger partial charge < -0.3 is 14.4 Å². The van der Waals surface area contributed by atoms with Gasteiger partial charge in [-0.2, -0.15) is 0 Å². The van der Waals surface area contributed by atoms with Gasteiger partial charge in [0, 0.05) is 57.2 Å². The number of nitrogens with zero attached hydrogens (tertiary/aromatic N) is 4. The molecule has 1 saturated heterocycles. The van der Waals surface area contributed by atoms with Gasteiger partial charge in [0.1, 0.15) is 5.69 Å². The van der Waals surface area contributed by atoms with Crippen molar-refractivity contribution in [2.75, 3.05) is 45.8 Å². The number of hydrogen-bond acceptors (Lipinski definition) is 3.